The van der Waals surface area contributed by atoms with E-state index >= 15 is 0 Å². The largest absolute Gasteiger partial charge is 0.368 e. The highest BCUT2D eigenvalue weighted by Crippen LogP contribution is 2.24. The summed E-state index contributed by atoms with van der Waals surface area (Å²) in [5, 5.41) is 7.96. The number of piperazine rings is 1. The number of carbonyl (C=O) groups excluding carboxylic acids is 1. The van der Waals surface area contributed by atoms with E-state index in [4.69, 9.17) is 0 Å². The Morgan fingerprint density at radius 2 is 1.52 bits per heavy atom. The summed E-state index contributed by atoms with van der Waals surface area (Å²) in [5.74, 6) is 0. The van der Waals surface area contributed by atoms with E-state index in [1.807, 2.05) is 29.2 Å². The third-order valence-electron chi connectivity index (χ3n) is 5.29. The second-order valence-electron chi connectivity index (χ2n) is 7.02. The normalized spacial score (nSPS) is 14.3. The van der Waals surface area contributed by atoms with Crippen LogP contribution in [-0.4, -0.2) is 57.1 Å². The van der Waals surface area contributed by atoms with Crippen LogP contribution in [0.3, 0.4) is 0 Å². The molecule has 7 nitrogen and oxygen atoms in total. The minimum Gasteiger partial charge on any atom is -0.368 e. The van der Waals surface area contributed by atoms with Gasteiger partial charge in [0, 0.05) is 38.1 Å². The van der Waals surface area contributed by atoms with Gasteiger partial charge in [-0.25, -0.2) is 9.78 Å². The molecular formula is C22H20N6O. The summed E-state index contributed by atoms with van der Waals surface area (Å²) in [4.78, 5) is 21.1. The van der Waals surface area contributed by atoms with Crippen molar-refractivity contribution in [2.45, 2.75) is 0 Å². The maximum atomic E-state index is 12.9. The first-order valence-corrected chi connectivity index (χ1v) is 9.66. The predicted molar refractivity (Wildman–Crippen MR) is 112 cm³/mol. The number of hydrogen-bond donors (Lipinski definition) is 0. The molecular weight excluding hydrogens is 364 g/mol. The molecule has 3 heterocycles. The van der Waals surface area contributed by atoms with E-state index in [1.165, 1.54) is 21.5 Å². The van der Waals surface area contributed by atoms with Gasteiger partial charge in [0.25, 0.3) is 0 Å². The predicted octanol–water partition coefficient (Wildman–Crippen LogP) is 3.28. The Morgan fingerprint density at radius 3 is 2.28 bits per heavy atom. The molecule has 1 aliphatic rings. The maximum Gasteiger partial charge on any atom is 0.346 e. The molecule has 4 aromatic rings. The molecule has 2 aromatic carbocycles. The van der Waals surface area contributed by atoms with Gasteiger partial charge < -0.3 is 9.80 Å². The van der Waals surface area contributed by atoms with E-state index in [0.717, 1.165) is 13.1 Å². The van der Waals surface area contributed by atoms with Crippen molar-refractivity contribution in [3.63, 3.8) is 0 Å². The van der Waals surface area contributed by atoms with E-state index in [9.17, 15) is 4.79 Å². The van der Waals surface area contributed by atoms with E-state index < -0.39 is 0 Å². The SMILES string of the molecule is O=C(N1CCN(c2ccc(-c3ccccc3)cc2)CC1)n1nnc2ncccc21. The van der Waals surface area contributed by atoms with Crippen molar-refractivity contribution in [2.24, 2.45) is 0 Å². The van der Waals surface area contributed by atoms with Gasteiger partial charge in [0.15, 0.2) is 0 Å². The lowest BCUT2D eigenvalue weighted by Gasteiger charge is -2.35. The standard InChI is InChI=1S/C22H20N6O/c29-22(28-20-7-4-12-23-21(20)24-25-28)27-15-13-26(14-16-27)19-10-8-18(9-11-19)17-5-2-1-3-6-17/h1-12H,13-16H2. The highest BCUT2D eigenvalue weighted by molar-refractivity contribution is 5.86. The van der Waals surface area contributed by atoms with Crippen molar-refractivity contribution in [1.82, 2.24) is 24.9 Å². The fraction of sp³-hybridized carbons (Fsp3) is 0.182. The lowest BCUT2D eigenvalue weighted by Crippen LogP contribution is -2.50. The molecule has 0 unspecified atom stereocenters. The Hall–Kier alpha value is -3.74. The minimum atomic E-state index is -0.153. The number of fused-ring (bicyclic) bond motifs is 1. The van der Waals surface area contributed by atoms with Crippen molar-refractivity contribution in [3.05, 3.63) is 72.9 Å². The fourth-order valence-corrected chi connectivity index (χ4v) is 3.69. The van der Waals surface area contributed by atoms with Crippen LogP contribution in [-0.2, 0) is 0 Å². The van der Waals surface area contributed by atoms with E-state index in [0.29, 0.717) is 24.3 Å². The van der Waals surface area contributed by atoms with Gasteiger partial charge in [-0.3, -0.25) is 0 Å². The average molecular weight is 384 g/mol. The molecule has 1 amide bonds. The molecule has 0 aliphatic carbocycles. The highest BCUT2D eigenvalue weighted by atomic mass is 16.2. The van der Waals surface area contributed by atoms with Gasteiger partial charge in [0.05, 0.1) is 0 Å². The van der Waals surface area contributed by atoms with Crippen molar-refractivity contribution < 1.29 is 4.79 Å². The zero-order chi connectivity index (χ0) is 19.6. The second kappa shape index (κ2) is 7.35. The average Bonchev–Trinajstić information content (AvgIpc) is 3.24. The minimum absolute atomic E-state index is 0.153. The third kappa shape index (κ3) is 3.31. The molecule has 0 N–H and O–H groups in total. The number of aromatic nitrogens is 4. The summed E-state index contributed by atoms with van der Waals surface area (Å²) in [7, 11) is 0. The van der Waals surface area contributed by atoms with Gasteiger partial charge in [-0.05, 0) is 35.4 Å². The number of anilines is 1. The van der Waals surface area contributed by atoms with Gasteiger partial charge in [-0.1, -0.05) is 47.7 Å². The molecule has 0 spiro atoms. The Balaban J connectivity index is 1.26. The number of hydrogen-bond acceptors (Lipinski definition) is 5. The fourth-order valence-electron chi connectivity index (χ4n) is 3.69. The van der Waals surface area contributed by atoms with Gasteiger partial charge in [0.2, 0.25) is 5.65 Å². The first kappa shape index (κ1) is 17.4. The zero-order valence-electron chi connectivity index (χ0n) is 15.8. The summed E-state index contributed by atoms with van der Waals surface area (Å²) < 4.78 is 1.34. The third-order valence-corrected chi connectivity index (χ3v) is 5.29. The van der Waals surface area contributed by atoms with E-state index in [-0.39, 0.29) is 6.03 Å². The Morgan fingerprint density at radius 1 is 0.793 bits per heavy atom. The molecule has 1 fully saturated rings. The second-order valence-corrected chi connectivity index (χ2v) is 7.02. The molecule has 1 aliphatic heterocycles. The molecule has 0 saturated carbocycles. The van der Waals surface area contributed by atoms with Crippen LogP contribution in [0.1, 0.15) is 0 Å². The molecule has 0 atom stereocenters. The number of carbonyl (C=O) groups is 1. The monoisotopic (exact) mass is 384 g/mol. The molecule has 144 valence electrons. The first-order valence-electron chi connectivity index (χ1n) is 9.66. The first-order chi connectivity index (χ1) is 14.3. The van der Waals surface area contributed by atoms with E-state index in [1.54, 1.807) is 12.3 Å². The molecule has 5 rings (SSSR count). The van der Waals surface area contributed by atoms with Gasteiger partial charge >= 0.3 is 6.03 Å². The number of benzene rings is 2. The van der Waals surface area contributed by atoms with Gasteiger partial charge in [0.1, 0.15) is 5.52 Å². The lowest BCUT2D eigenvalue weighted by atomic mass is 10.1. The topological polar surface area (TPSA) is 67.2 Å². The summed E-state index contributed by atoms with van der Waals surface area (Å²) in [6.07, 6.45) is 1.65. The van der Waals surface area contributed by atoms with Crippen LogP contribution < -0.4 is 4.90 Å². The smallest absolute Gasteiger partial charge is 0.346 e. The number of pyridine rings is 1. The molecule has 29 heavy (non-hydrogen) atoms. The van der Waals surface area contributed by atoms with Crippen molar-refractivity contribution in [2.75, 3.05) is 31.1 Å². The Kier molecular flexibility index (Phi) is 4.40. The van der Waals surface area contributed by atoms with Crippen molar-refractivity contribution >= 4 is 22.9 Å². The molecule has 2 aromatic heterocycles. The van der Waals surface area contributed by atoms with Crippen LogP contribution in [0.5, 0.6) is 0 Å². The maximum absolute atomic E-state index is 12.9. The Labute approximate surface area is 168 Å². The summed E-state index contributed by atoms with van der Waals surface area (Å²) in [6.45, 7) is 2.84. The van der Waals surface area contributed by atoms with Crippen LogP contribution >= 0.6 is 0 Å². The highest BCUT2D eigenvalue weighted by Gasteiger charge is 2.24. The molecule has 7 heteroatoms. The van der Waals surface area contributed by atoms with Crippen molar-refractivity contribution in [3.8, 4) is 11.1 Å². The molecule has 1 saturated heterocycles. The summed E-state index contributed by atoms with van der Waals surface area (Å²) >= 11 is 0. The van der Waals surface area contributed by atoms with Crippen LogP contribution in [0.4, 0.5) is 10.5 Å². The molecule has 0 bridgehead atoms. The zero-order valence-corrected chi connectivity index (χ0v) is 15.8. The van der Waals surface area contributed by atoms with E-state index in [2.05, 4.69) is 56.6 Å². The number of amides is 1. The quantitative estimate of drug-likeness (QED) is 0.531. The number of rotatable bonds is 2. The Bertz CT molecular complexity index is 1130. The van der Waals surface area contributed by atoms with Crippen LogP contribution in [0.2, 0.25) is 0 Å². The van der Waals surface area contributed by atoms with Crippen LogP contribution in [0.15, 0.2) is 72.9 Å². The lowest BCUT2D eigenvalue weighted by molar-refractivity contribution is 0.193. The van der Waals surface area contributed by atoms with Gasteiger partial charge in [-0.15, -0.1) is 5.10 Å². The summed E-state index contributed by atoms with van der Waals surface area (Å²) in [5.41, 5.74) is 4.71. The van der Waals surface area contributed by atoms with Crippen LogP contribution in [0, 0.1) is 0 Å². The van der Waals surface area contributed by atoms with Crippen LogP contribution in [0.25, 0.3) is 22.3 Å². The van der Waals surface area contributed by atoms with Gasteiger partial charge in [-0.2, -0.15) is 4.68 Å². The van der Waals surface area contributed by atoms with Crippen molar-refractivity contribution in [1.29, 1.82) is 0 Å². The number of nitrogens with zero attached hydrogens (tertiary/aromatic N) is 6. The summed E-state index contributed by atoms with van der Waals surface area (Å²) in [6, 6.07) is 22.4. The molecule has 0 radical (unpaired) electrons.